The molecule has 0 N–H and O–H groups in total. The summed E-state index contributed by atoms with van der Waals surface area (Å²) < 4.78 is 75.2. The first kappa shape index (κ1) is 17.8. The van der Waals surface area contributed by atoms with Gasteiger partial charge < -0.3 is 4.84 Å². The second-order valence-corrected chi connectivity index (χ2v) is 4.75. The van der Waals surface area contributed by atoms with E-state index >= 15 is 0 Å². The number of benzene rings is 2. The average Bonchev–Trinajstić information content (AvgIpc) is 2.51. The van der Waals surface area contributed by atoms with Crippen molar-refractivity contribution in [2.45, 2.75) is 19.0 Å². The monoisotopic (exact) mass is 346 g/mol. The smallest absolute Gasteiger partial charge is 0.390 e. The summed E-state index contributed by atoms with van der Waals surface area (Å²) in [6.45, 7) is -0.268. The van der Waals surface area contributed by atoms with Crippen molar-refractivity contribution in [1.82, 2.24) is 0 Å². The van der Waals surface area contributed by atoms with Crippen LogP contribution in [0, 0.1) is 0 Å². The van der Waals surface area contributed by atoms with E-state index in [1.165, 1.54) is 24.3 Å². The lowest BCUT2D eigenvalue weighted by molar-refractivity contribution is -0.138. The summed E-state index contributed by atoms with van der Waals surface area (Å²) in [6, 6.07) is 8.71. The SMILES string of the molecule is FC(F)(F)c1cccc(/[C]=N\OCc2cccc(C(F)(F)F)c2)c1. The molecule has 2 nitrogen and oxygen atoms in total. The maximum atomic E-state index is 12.5. The van der Waals surface area contributed by atoms with Gasteiger partial charge in [0.25, 0.3) is 0 Å². The normalized spacial score (nSPS) is 12.6. The first-order chi connectivity index (χ1) is 11.2. The van der Waals surface area contributed by atoms with Gasteiger partial charge in [0.05, 0.1) is 11.1 Å². The molecule has 127 valence electrons. The van der Waals surface area contributed by atoms with Gasteiger partial charge in [-0.1, -0.05) is 29.4 Å². The number of alkyl halides is 6. The lowest BCUT2D eigenvalue weighted by Gasteiger charge is -2.08. The fraction of sp³-hybridized carbons (Fsp3) is 0.188. The van der Waals surface area contributed by atoms with E-state index in [4.69, 9.17) is 4.84 Å². The Hall–Kier alpha value is -2.51. The zero-order valence-corrected chi connectivity index (χ0v) is 11.9. The van der Waals surface area contributed by atoms with Gasteiger partial charge in [0, 0.05) is 5.56 Å². The number of hydrogen-bond donors (Lipinski definition) is 0. The first-order valence-corrected chi connectivity index (χ1v) is 6.58. The zero-order valence-electron chi connectivity index (χ0n) is 11.9. The molecule has 0 aliphatic heterocycles. The maximum Gasteiger partial charge on any atom is 0.416 e. The molecule has 0 aliphatic rings. The van der Waals surface area contributed by atoms with Crippen LogP contribution in [0.2, 0.25) is 0 Å². The van der Waals surface area contributed by atoms with Gasteiger partial charge in [0.2, 0.25) is 0 Å². The molecular formula is C16H10F6NO. The zero-order chi connectivity index (χ0) is 17.8. The van der Waals surface area contributed by atoms with E-state index in [9.17, 15) is 26.3 Å². The van der Waals surface area contributed by atoms with Crippen molar-refractivity contribution in [3.8, 4) is 0 Å². The van der Waals surface area contributed by atoms with Gasteiger partial charge in [-0.2, -0.15) is 26.3 Å². The van der Waals surface area contributed by atoms with Crippen molar-refractivity contribution in [3.63, 3.8) is 0 Å². The quantitative estimate of drug-likeness (QED) is 0.426. The van der Waals surface area contributed by atoms with Crippen molar-refractivity contribution in [2.24, 2.45) is 5.16 Å². The van der Waals surface area contributed by atoms with Gasteiger partial charge in [-0.05, 0) is 29.8 Å². The molecule has 0 aliphatic carbocycles. The number of halogens is 6. The molecule has 0 aromatic heterocycles. The highest BCUT2D eigenvalue weighted by molar-refractivity contribution is 5.79. The molecule has 1 radical (unpaired) electrons. The van der Waals surface area contributed by atoms with E-state index in [1.807, 2.05) is 0 Å². The lowest BCUT2D eigenvalue weighted by atomic mass is 10.1. The third-order valence-electron chi connectivity index (χ3n) is 2.91. The van der Waals surface area contributed by atoms with Gasteiger partial charge in [-0.3, -0.25) is 0 Å². The summed E-state index contributed by atoms with van der Waals surface area (Å²) in [6.07, 6.45) is -6.71. The van der Waals surface area contributed by atoms with E-state index < -0.39 is 23.5 Å². The van der Waals surface area contributed by atoms with Crippen LogP contribution in [-0.2, 0) is 23.8 Å². The largest absolute Gasteiger partial charge is 0.416 e. The Balaban J connectivity index is 1.98. The van der Waals surface area contributed by atoms with E-state index in [-0.39, 0.29) is 17.7 Å². The summed E-state index contributed by atoms with van der Waals surface area (Å²) in [5.74, 6) is 0. The minimum Gasteiger partial charge on any atom is -0.390 e. The molecule has 0 fully saturated rings. The van der Waals surface area contributed by atoms with Crippen LogP contribution >= 0.6 is 0 Å². The van der Waals surface area contributed by atoms with E-state index in [0.29, 0.717) is 0 Å². The molecule has 8 heteroatoms. The Labute approximate surface area is 133 Å². The van der Waals surface area contributed by atoms with Crippen LogP contribution in [-0.4, -0.2) is 6.21 Å². The van der Waals surface area contributed by atoms with Crippen LogP contribution < -0.4 is 0 Å². The number of rotatable bonds is 4. The maximum absolute atomic E-state index is 12.5. The summed E-state index contributed by atoms with van der Waals surface area (Å²) >= 11 is 0. The summed E-state index contributed by atoms with van der Waals surface area (Å²) in [4.78, 5) is 4.78. The molecule has 0 saturated heterocycles. The van der Waals surface area contributed by atoms with Crippen molar-refractivity contribution < 1.29 is 31.2 Å². The fourth-order valence-electron chi connectivity index (χ4n) is 1.79. The third-order valence-corrected chi connectivity index (χ3v) is 2.91. The molecule has 0 amide bonds. The summed E-state index contributed by atoms with van der Waals surface area (Å²) in [7, 11) is 0. The summed E-state index contributed by atoms with van der Waals surface area (Å²) in [5, 5.41) is 3.35. The molecule has 24 heavy (non-hydrogen) atoms. The Morgan fingerprint density at radius 2 is 1.42 bits per heavy atom. The lowest BCUT2D eigenvalue weighted by Crippen LogP contribution is -2.05. The van der Waals surface area contributed by atoms with Crippen LogP contribution in [0.4, 0.5) is 26.3 Å². The highest BCUT2D eigenvalue weighted by atomic mass is 19.4. The highest BCUT2D eigenvalue weighted by Crippen LogP contribution is 2.30. The molecule has 0 atom stereocenters. The second kappa shape index (κ2) is 6.94. The van der Waals surface area contributed by atoms with Crippen molar-refractivity contribution in [3.05, 3.63) is 70.8 Å². The molecular weight excluding hydrogens is 336 g/mol. The topological polar surface area (TPSA) is 21.6 Å². The minimum atomic E-state index is -4.49. The molecule has 2 aromatic carbocycles. The van der Waals surface area contributed by atoms with Gasteiger partial charge in [0.15, 0.2) is 0 Å². The van der Waals surface area contributed by atoms with Gasteiger partial charge >= 0.3 is 12.4 Å². The molecule has 0 heterocycles. The standard InChI is InChI=1S/C16H10F6NO/c17-15(18,19)13-5-1-3-11(7-13)9-23-24-10-12-4-2-6-14(8-12)16(20,21)22/h1-8H,10H2. The molecule has 0 saturated carbocycles. The van der Waals surface area contributed by atoms with Crippen LogP contribution in [0.1, 0.15) is 22.3 Å². The molecule has 0 spiro atoms. The molecule has 2 rings (SSSR count). The van der Waals surface area contributed by atoms with E-state index in [0.717, 1.165) is 24.3 Å². The predicted octanol–water partition coefficient (Wildman–Crippen LogP) is 5.15. The first-order valence-electron chi connectivity index (χ1n) is 6.58. The predicted molar refractivity (Wildman–Crippen MR) is 74.2 cm³/mol. The number of hydrogen-bond acceptors (Lipinski definition) is 2. The number of nitrogens with zero attached hydrogens (tertiary/aromatic N) is 1. The summed E-state index contributed by atoms with van der Waals surface area (Å²) in [5.41, 5.74) is -1.43. The van der Waals surface area contributed by atoms with Crippen molar-refractivity contribution in [1.29, 1.82) is 0 Å². The molecule has 2 aromatic rings. The van der Waals surface area contributed by atoms with Crippen LogP contribution in [0.3, 0.4) is 0 Å². The average molecular weight is 346 g/mol. The second-order valence-electron chi connectivity index (χ2n) is 4.75. The van der Waals surface area contributed by atoms with Gasteiger partial charge in [0.1, 0.15) is 12.8 Å². The third kappa shape index (κ3) is 5.00. The van der Waals surface area contributed by atoms with Crippen molar-refractivity contribution >= 4 is 6.21 Å². The molecule has 0 bridgehead atoms. The van der Waals surface area contributed by atoms with Crippen LogP contribution in [0.15, 0.2) is 53.7 Å². The Kier molecular flexibility index (Phi) is 5.16. The fourth-order valence-corrected chi connectivity index (χ4v) is 1.79. The van der Waals surface area contributed by atoms with Gasteiger partial charge in [-0.25, -0.2) is 0 Å². The Morgan fingerprint density at radius 3 is 2.04 bits per heavy atom. The Morgan fingerprint density at radius 1 is 0.833 bits per heavy atom. The van der Waals surface area contributed by atoms with E-state index in [2.05, 4.69) is 11.4 Å². The van der Waals surface area contributed by atoms with Gasteiger partial charge in [-0.15, -0.1) is 0 Å². The minimum absolute atomic E-state index is 0.0360. The molecule has 0 unspecified atom stereocenters. The van der Waals surface area contributed by atoms with Crippen LogP contribution in [0.25, 0.3) is 0 Å². The van der Waals surface area contributed by atoms with E-state index in [1.54, 1.807) is 0 Å². The highest BCUT2D eigenvalue weighted by Gasteiger charge is 2.31. The van der Waals surface area contributed by atoms with Crippen LogP contribution in [0.5, 0.6) is 0 Å². The Bertz CT molecular complexity index is 721. The van der Waals surface area contributed by atoms with Crippen molar-refractivity contribution in [2.75, 3.05) is 0 Å².